The fourth-order valence-corrected chi connectivity index (χ4v) is 10.4. The topological polar surface area (TPSA) is 64.6 Å². The molecule has 2 aliphatic heterocycles. The minimum absolute atomic E-state index is 0.0572. The van der Waals surface area contributed by atoms with Crippen LogP contribution in [-0.2, 0) is 25.7 Å². The van der Waals surface area contributed by atoms with Crippen LogP contribution in [0.5, 0.6) is 0 Å². The third-order valence-electron chi connectivity index (χ3n) is 12.7. The van der Waals surface area contributed by atoms with Gasteiger partial charge in [0.2, 0.25) is 0 Å². The average Bonchev–Trinajstić information content (AvgIpc) is 3.43. The number of carbonyl (C=O) groups excluding carboxylic acids is 2. The number of ketones is 1. The van der Waals surface area contributed by atoms with Gasteiger partial charge in [-0.15, -0.1) is 0 Å². The van der Waals surface area contributed by atoms with Crippen molar-refractivity contribution in [2.24, 2.45) is 40.9 Å². The van der Waals surface area contributed by atoms with Gasteiger partial charge in [-0.05, 0) is 105 Å². The molecule has 0 bridgehead atoms. The second-order valence-corrected chi connectivity index (χ2v) is 15.2. The second-order valence-electron chi connectivity index (χ2n) is 15.2. The molecular weight excluding hydrogens is 522 g/mol. The molecular formula is C37H53NO4. The van der Waals surface area contributed by atoms with Gasteiger partial charge < -0.3 is 14.8 Å². The van der Waals surface area contributed by atoms with Crippen LogP contribution < -0.4 is 5.32 Å². The second kappa shape index (κ2) is 11.8. The molecule has 0 radical (unpaired) electrons. The molecule has 2 saturated heterocycles. The van der Waals surface area contributed by atoms with Crippen molar-refractivity contribution in [1.82, 2.24) is 5.32 Å². The number of hydrogen-bond donors (Lipinski definition) is 1. The van der Waals surface area contributed by atoms with E-state index in [1.54, 1.807) is 5.57 Å². The van der Waals surface area contributed by atoms with Gasteiger partial charge in [-0.25, -0.2) is 0 Å². The van der Waals surface area contributed by atoms with E-state index < -0.39 is 0 Å². The maximum absolute atomic E-state index is 12.2. The van der Waals surface area contributed by atoms with Gasteiger partial charge >= 0.3 is 5.97 Å². The smallest absolute Gasteiger partial charge is 0.302 e. The Hall–Kier alpha value is -1.98. The Morgan fingerprint density at radius 2 is 1.88 bits per heavy atom. The summed E-state index contributed by atoms with van der Waals surface area (Å²) in [5, 5.41) is 3.85. The van der Waals surface area contributed by atoms with Crippen LogP contribution in [0.1, 0.15) is 104 Å². The van der Waals surface area contributed by atoms with Crippen molar-refractivity contribution < 1.29 is 19.1 Å². The van der Waals surface area contributed by atoms with Gasteiger partial charge in [0.05, 0.1) is 11.7 Å². The Morgan fingerprint density at radius 3 is 2.64 bits per heavy atom. The fraction of sp³-hybridized carbons (Fsp3) is 0.730. The predicted octanol–water partition coefficient (Wildman–Crippen LogP) is 7.43. The molecule has 42 heavy (non-hydrogen) atoms. The number of piperidine rings is 1. The van der Waals surface area contributed by atoms with Crippen LogP contribution >= 0.6 is 0 Å². The number of benzene rings is 1. The first kappa shape index (κ1) is 30.1. The Bertz CT molecular complexity index is 1190. The van der Waals surface area contributed by atoms with Crippen LogP contribution in [-0.4, -0.2) is 36.0 Å². The van der Waals surface area contributed by atoms with E-state index in [1.165, 1.54) is 45.4 Å². The van der Waals surface area contributed by atoms with Crippen LogP contribution in [0.15, 0.2) is 41.5 Å². The van der Waals surface area contributed by atoms with Crippen molar-refractivity contribution in [3.63, 3.8) is 0 Å². The molecule has 1 aromatic rings. The number of rotatable bonds is 2. The summed E-state index contributed by atoms with van der Waals surface area (Å²) < 4.78 is 11.8. The number of Topliss-reactive ketones (excluding diaryl/α,β-unsaturated/α-hetero) is 1. The summed E-state index contributed by atoms with van der Waals surface area (Å²) in [6, 6.07) is 10.1. The molecule has 0 unspecified atom stereocenters. The lowest BCUT2D eigenvalue weighted by Gasteiger charge is -2.52. The lowest BCUT2D eigenvalue weighted by molar-refractivity contribution is -0.142. The number of carbonyl (C=O) groups is 2. The molecule has 0 amide bonds. The summed E-state index contributed by atoms with van der Waals surface area (Å²) in [7, 11) is 0. The summed E-state index contributed by atoms with van der Waals surface area (Å²) in [5.74, 6) is 4.72. The quantitative estimate of drug-likeness (QED) is 0.293. The molecule has 1 spiro atoms. The van der Waals surface area contributed by atoms with Gasteiger partial charge in [-0.1, -0.05) is 62.2 Å². The van der Waals surface area contributed by atoms with E-state index in [0.717, 1.165) is 61.5 Å². The third kappa shape index (κ3) is 5.54. The van der Waals surface area contributed by atoms with Crippen LogP contribution in [0, 0.1) is 40.9 Å². The van der Waals surface area contributed by atoms with Crippen LogP contribution in [0.4, 0.5) is 0 Å². The largest absolute Gasteiger partial charge is 0.461 e. The zero-order valence-electron chi connectivity index (χ0n) is 26.6. The van der Waals surface area contributed by atoms with Crippen molar-refractivity contribution in [1.29, 1.82) is 0 Å². The van der Waals surface area contributed by atoms with Gasteiger partial charge in [0.15, 0.2) is 0 Å². The highest BCUT2D eigenvalue weighted by Crippen LogP contribution is 2.65. The standard InChI is InChI=1S/C28H43NO2.C9H10O2/c1-16-11-25-26(29-15-16)18(3)28(31-25)10-8-21-22-6-5-19-12-20(30)7-9-27(19,4)24(22)13-23(21)17(2)14-28;1-8(10)11-7-9-5-3-2-4-6-9/h16,18-19,21-22,24-26,29H,5-15H2,1-4H3;2-6H,7H2,1H3/t16-,18+,19+,21-,22-,24-,25+,26-,27-,28-;/m0./s1. The molecule has 1 N–H and O–H groups in total. The van der Waals surface area contributed by atoms with E-state index in [2.05, 4.69) is 33.0 Å². The fourth-order valence-electron chi connectivity index (χ4n) is 10.4. The van der Waals surface area contributed by atoms with Crippen molar-refractivity contribution in [2.75, 3.05) is 6.54 Å². The lowest BCUT2D eigenvalue weighted by atomic mass is 9.52. The summed E-state index contributed by atoms with van der Waals surface area (Å²) in [6.45, 7) is 12.8. The van der Waals surface area contributed by atoms with Gasteiger partial charge in [0.1, 0.15) is 12.4 Å². The number of allylic oxidation sites excluding steroid dienone is 1. The number of nitrogens with one attached hydrogen (secondary N) is 1. The van der Waals surface area contributed by atoms with Gasteiger partial charge in [-0.3, -0.25) is 9.59 Å². The van der Waals surface area contributed by atoms with Gasteiger partial charge in [-0.2, -0.15) is 0 Å². The monoisotopic (exact) mass is 575 g/mol. The van der Waals surface area contributed by atoms with E-state index in [-0.39, 0.29) is 11.6 Å². The highest BCUT2D eigenvalue weighted by Gasteiger charge is 2.59. The van der Waals surface area contributed by atoms with Crippen LogP contribution in [0.2, 0.25) is 0 Å². The van der Waals surface area contributed by atoms with Gasteiger partial charge in [0.25, 0.3) is 0 Å². The Balaban J connectivity index is 0.000000244. The molecule has 10 atom stereocenters. The zero-order chi connectivity index (χ0) is 29.6. The van der Waals surface area contributed by atoms with Gasteiger partial charge in [0, 0.05) is 31.7 Å². The van der Waals surface area contributed by atoms with Crippen molar-refractivity contribution in [2.45, 2.75) is 123 Å². The Morgan fingerprint density at radius 1 is 1.10 bits per heavy atom. The molecule has 7 rings (SSSR count). The first-order chi connectivity index (χ1) is 20.1. The summed E-state index contributed by atoms with van der Waals surface area (Å²) in [6.07, 6.45) is 12.2. The van der Waals surface area contributed by atoms with Crippen LogP contribution in [0.3, 0.4) is 0 Å². The molecule has 5 heteroatoms. The maximum Gasteiger partial charge on any atom is 0.302 e. The summed E-state index contributed by atoms with van der Waals surface area (Å²) >= 11 is 0. The van der Waals surface area contributed by atoms with E-state index in [0.29, 0.717) is 41.8 Å². The molecule has 2 heterocycles. The number of esters is 1. The first-order valence-electron chi connectivity index (χ1n) is 16.9. The summed E-state index contributed by atoms with van der Waals surface area (Å²) in [5.41, 5.74) is 4.96. The molecule has 230 valence electrons. The molecule has 1 aromatic carbocycles. The zero-order valence-corrected chi connectivity index (χ0v) is 26.6. The normalized spacial score (nSPS) is 42.5. The summed E-state index contributed by atoms with van der Waals surface area (Å²) in [4.78, 5) is 22.6. The average molecular weight is 576 g/mol. The van der Waals surface area contributed by atoms with E-state index in [1.807, 2.05) is 35.9 Å². The molecule has 0 aromatic heterocycles. The van der Waals surface area contributed by atoms with Crippen molar-refractivity contribution in [3.05, 3.63) is 47.0 Å². The Labute approximate surface area is 253 Å². The molecule has 6 aliphatic rings. The minimum atomic E-state index is -0.242. The van der Waals surface area contributed by atoms with E-state index in [4.69, 9.17) is 9.47 Å². The molecule has 3 saturated carbocycles. The first-order valence-corrected chi connectivity index (χ1v) is 16.9. The Kier molecular flexibility index (Phi) is 8.48. The maximum atomic E-state index is 12.2. The third-order valence-corrected chi connectivity index (χ3v) is 12.7. The predicted molar refractivity (Wildman–Crippen MR) is 166 cm³/mol. The highest BCUT2D eigenvalue weighted by molar-refractivity contribution is 5.79. The lowest BCUT2D eigenvalue weighted by Crippen LogP contribution is -2.48. The SMILES string of the molecule is CC(=O)OCc1ccccc1.CC1=C2C[C@H]3[C@@H](CC[C@@H]4CC(=O)CC[C@@]43C)[C@@H]2CC[C@@]2(C1)O[C@@H]1C[C@H](C)CN[C@H]1[C@H]2C. The van der Waals surface area contributed by atoms with Crippen LogP contribution in [0.25, 0.3) is 0 Å². The molecule has 5 fully saturated rings. The number of hydrogen-bond acceptors (Lipinski definition) is 5. The minimum Gasteiger partial charge on any atom is -0.461 e. The molecule has 5 nitrogen and oxygen atoms in total. The number of ether oxygens (including phenoxy) is 2. The number of fused-ring (bicyclic) bond motifs is 6. The van der Waals surface area contributed by atoms with Crippen molar-refractivity contribution in [3.8, 4) is 0 Å². The van der Waals surface area contributed by atoms with Crippen molar-refractivity contribution >= 4 is 11.8 Å². The highest BCUT2D eigenvalue weighted by atomic mass is 16.5. The van der Waals surface area contributed by atoms with E-state index in [9.17, 15) is 9.59 Å². The molecule has 4 aliphatic carbocycles. The van der Waals surface area contributed by atoms with E-state index >= 15 is 0 Å².